The first kappa shape index (κ1) is 11.0. The monoisotopic (exact) mass is 260 g/mol. The standard InChI is InChI=1S/C12H9ClN4O/c1-7-2-9(3-8-5-16-17-12(7)8)18-11-4-10(13)14-6-15-11/h2-6H,1H3,(H,16,17). The highest BCUT2D eigenvalue weighted by Gasteiger charge is 2.05. The summed E-state index contributed by atoms with van der Waals surface area (Å²) in [5.74, 6) is 1.11. The third kappa shape index (κ3) is 2.00. The Morgan fingerprint density at radius 3 is 2.94 bits per heavy atom. The second kappa shape index (κ2) is 4.27. The van der Waals surface area contributed by atoms with E-state index < -0.39 is 0 Å². The van der Waals surface area contributed by atoms with E-state index in [1.54, 1.807) is 12.3 Å². The number of rotatable bonds is 2. The molecule has 0 saturated heterocycles. The van der Waals surface area contributed by atoms with Gasteiger partial charge in [0.25, 0.3) is 0 Å². The Kier molecular flexibility index (Phi) is 2.60. The number of aromatic amines is 1. The molecule has 90 valence electrons. The molecule has 0 aliphatic rings. The summed E-state index contributed by atoms with van der Waals surface area (Å²) in [4.78, 5) is 7.79. The number of aryl methyl sites for hydroxylation is 1. The number of nitrogens with one attached hydrogen (secondary N) is 1. The van der Waals surface area contributed by atoms with Crippen LogP contribution in [0.2, 0.25) is 5.15 Å². The fourth-order valence-electron chi connectivity index (χ4n) is 1.75. The van der Waals surface area contributed by atoms with E-state index in [9.17, 15) is 0 Å². The smallest absolute Gasteiger partial charge is 0.223 e. The van der Waals surface area contributed by atoms with Gasteiger partial charge in [0.2, 0.25) is 5.88 Å². The highest BCUT2D eigenvalue weighted by Crippen LogP contribution is 2.26. The van der Waals surface area contributed by atoms with E-state index in [1.165, 1.54) is 6.33 Å². The van der Waals surface area contributed by atoms with Gasteiger partial charge in [-0.2, -0.15) is 5.10 Å². The van der Waals surface area contributed by atoms with Crippen LogP contribution < -0.4 is 4.74 Å². The molecule has 2 aromatic heterocycles. The normalized spacial score (nSPS) is 10.8. The molecule has 0 radical (unpaired) electrons. The van der Waals surface area contributed by atoms with E-state index >= 15 is 0 Å². The lowest BCUT2D eigenvalue weighted by molar-refractivity contribution is 0.462. The van der Waals surface area contributed by atoms with Gasteiger partial charge >= 0.3 is 0 Å². The lowest BCUT2D eigenvalue weighted by Crippen LogP contribution is -1.90. The number of hydrogen-bond acceptors (Lipinski definition) is 4. The zero-order chi connectivity index (χ0) is 12.5. The van der Waals surface area contributed by atoms with Gasteiger partial charge in [0, 0.05) is 11.5 Å². The van der Waals surface area contributed by atoms with E-state index in [0.717, 1.165) is 16.5 Å². The zero-order valence-electron chi connectivity index (χ0n) is 9.51. The third-order valence-electron chi connectivity index (χ3n) is 2.55. The number of halogens is 1. The molecular formula is C12H9ClN4O. The SMILES string of the molecule is Cc1cc(Oc2cc(Cl)ncn2)cc2cn[nH]c12. The number of hydrogen-bond donors (Lipinski definition) is 1. The molecule has 0 bridgehead atoms. The Morgan fingerprint density at radius 2 is 2.11 bits per heavy atom. The largest absolute Gasteiger partial charge is 0.439 e. The minimum atomic E-state index is 0.348. The van der Waals surface area contributed by atoms with Crippen molar-refractivity contribution in [2.75, 3.05) is 0 Å². The van der Waals surface area contributed by atoms with Crippen molar-refractivity contribution < 1.29 is 4.74 Å². The zero-order valence-corrected chi connectivity index (χ0v) is 10.3. The van der Waals surface area contributed by atoms with Crippen molar-refractivity contribution in [1.82, 2.24) is 20.2 Å². The van der Waals surface area contributed by atoms with Crippen LogP contribution in [0.25, 0.3) is 10.9 Å². The number of H-pyrrole nitrogens is 1. The molecule has 0 fully saturated rings. The minimum Gasteiger partial charge on any atom is -0.439 e. The Balaban J connectivity index is 1.99. The van der Waals surface area contributed by atoms with Crippen molar-refractivity contribution in [3.05, 3.63) is 41.4 Å². The fraction of sp³-hybridized carbons (Fsp3) is 0.0833. The lowest BCUT2D eigenvalue weighted by Gasteiger charge is -2.06. The van der Waals surface area contributed by atoms with Crippen LogP contribution in [0.3, 0.4) is 0 Å². The topological polar surface area (TPSA) is 63.7 Å². The predicted molar refractivity (Wildman–Crippen MR) is 67.9 cm³/mol. The average Bonchev–Trinajstić information content (AvgIpc) is 2.77. The number of nitrogens with zero attached hydrogens (tertiary/aromatic N) is 3. The maximum atomic E-state index is 5.77. The van der Waals surface area contributed by atoms with E-state index in [4.69, 9.17) is 16.3 Å². The predicted octanol–water partition coefficient (Wildman–Crippen LogP) is 3.11. The Hall–Kier alpha value is -2.14. The van der Waals surface area contributed by atoms with Gasteiger partial charge in [-0.1, -0.05) is 11.6 Å². The maximum Gasteiger partial charge on any atom is 0.223 e. The molecule has 0 aliphatic carbocycles. The molecule has 18 heavy (non-hydrogen) atoms. The van der Waals surface area contributed by atoms with E-state index in [2.05, 4.69) is 20.2 Å². The van der Waals surface area contributed by atoms with Crippen molar-refractivity contribution in [3.8, 4) is 11.6 Å². The summed E-state index contributed by atoms with van der Waals surface area (Å²) in [6.45, 7) is 1.99. The van der Waals surface area contributed by atoms with E-state index in [1.807, 2.05) is 19.1 Å². The molecule has 0 aliphatic heterocycles. The molecule has 1 aromatic carbocycles. The summed E-state index contributed by atoms with van der Waals surface area (Å²) in [6.07, 6.45) is 3.11. The van der Waals surface area contributed by atoms with Gasteiger partial charge < -0.3 is 4.74 Å². The third-order valence-corrected chi connectivity index (χ3v) is 2.76. The van der Waals surface area contributed by atoms with Crippen LogP contribution in [0.15, 0.2) is 30.7 Å². The van der Waals surface area contributed by atoms with E-state index in [-0.39, 0.29) is 0 Å². The number of benzene rings is 1. The first-order chi connectivity index (χ1) is 8.72. The summed E-state index contributed by atoms with van der Waals surface area (Å²) in [6, 6.07) is 5.37. The summed E-state index contributed by atoms with van der Waals surface area (Å²) >= 11 is 5.77. The first-order valence-electron chi connectivity index (χ1n) is 5.31. The maximum absolute atomic E-state index is 5.77. The fourth-order valence-corrected chi connectivity index (χ4v) is 1.89. The molecular weight excluding hydrogens is 252 g/mol. The van der Waals surface area contributed by atoms with Crippen molar-refractivity contribution in [1.29, 1.82) is 0 Å². The second-order valence-electron chi connectivity index (χ2n) is 3.86. The summed E-state index contributed by atoms with van der Waals surface area (Å²) in [5.41, 5.74) is 2.06. The van der Waals surface area contributed by atoms with Crippen LogP contribution in [0.4, 0.5) is 0 Å². The van der Waals surface area contributed by atoms with Crippen LogP contribution in [0.5, 0.6) is 11.6 Å². The highest BCUT2D eigenvalue weighted by molar-refractivity contribution is 6.29. The van der Waals surface area contributed by atoms with Crippen LogP contribution >= 0.6 is 11.6 Å². The summed E-state index contributed by atoms with van der Waals surface area (Å²) < 4.78 is 5.64. The molecule has 1 N–H and O–H groups in total. The molecule has 3 aromatic rings. The molecule has 0 amide bonds. The van der Waals surface area contributed by atoms with Crippen LogP contribution in [-0.4, -0.2) is 20.2 Å². The van der Waals surface area contributed by atoms with E-state index in [0.29, 0.717) is 16.8 Å². The van der Waals surface area contributed by atoms with Gasteiger partial charge in [-0.05, 0) is 24.6 Å². The van der Waals surface area contributed by atoms with Crippen molar-refractivity contribution in [3.63, 3.8) is 0 Å². The molecule has 3 rings (SSSR count). The summed E-state index contributed by atoms with van der Waals surface area (Å²) in [7, 11) is 0. The Bertz CT molecular complexity index is 710. The Labute approximate surface area is 108 Å². The van der Waals surface area contributed by atoms with Gasteiger partial charge in [0.1, 0.15) is 17.2 Å². The molecule has 2 heterocycles. The molecule has 0 unspecified atom stereocenters. The van der Waals surface area contributed by atoms with Crippen LogP contribution in [0.1, 0.15) is 5.56 Å². The number of aromatic nitrogens is 4. The van der Waals surface area contributed by atoms with Gasteiger partial charge in [-0.25, -0.2) is 9.97 Å². The molecule has 6 heteroatoms. The second-order valence-corrected chi connectivity index (χ2v) is 4.24. The van der Waals surface area contributed by atoms with Gasteiger partial charge in [0.05, 0.1) is 11.7 Å². The first-order valence-corrected chi connectivity index (χ1v) is 5.69. The molecule has 0 atom stereocenters. The van der Waals surface area contributed by atoms with Crippen molar-refractivity contribution >= 4 is 22.5 Å². The Morgan fingerprint density at radius 1 is 1.22 bits per heavy atom. The molecule has 5 nitrogen and oxygen atoms in total. The number of fused-ring (bicyclic) bond motifs is 1. The molecule has 0 saturated carbocycles. The van der Waals surface area contributed by atoms with Crippen molar-refractivity contribution in [2.24, 2.45) is 0 Å². The van der Waals surface area contributed by atoms with Crippen LogP contribution in [0, 0.1) is 6.92 Å². The van der Waals surface area contributed by atoms with Crippen molar-refractivity contribution in [2.45, 2.75) is 6.92 Å². The number of ether oxygens (including phenoxy) is 1. The minimum absolute atomic E-state index is 0.348. The quantitative estimate of drug-likeness (QED) is 0.719. The molecule has 0 spiro atoms. The van der Waals surface area contributed by atoms with Crippen LogP contribution in [-0.2, 0) is 0 Å². The summed E-state index contributed by atoms with van der Waals surface area (Å²) in [5, 5.41) is 8.27. The highest BCUT2D eigenvalue weighted by atomic mass is 35.5. The van der Waals surface area contributed by atoms with Gasteiger partial charge in [0.15, 0.2) is 0 Å². The lowest BCUT2D eigenvalue weighted by atomic mass is 10.1. The average molecular weight is 261 g/mol. The van der Waals surface area contributed by atoms with Gasteiger partial charge in [-0.3, -0.25) is 5.10 Å². The van der Waals surface area contributed by atoms with Gasteiger partial charge in [-0.15, -0.1) is 0 Å².